The summed E-state index contributed by atoms with van der Waals surface area (Å²) in [6.07, 6.45) is 10.8. The van der Waals surface area contributed by atoms with Gasteiger partial charge >= 0.3 is 0 Å². The number of hydrogen-bond acceptors (Lipinski definition) is 3. The SMILES string of the molecule is COc1ccc(OCCCCCCCc2nccn2C)c(Cl)c1. The van der Waals surface area contributed by atoms with Gasteiger partial charge < -0.3 is 14.0 Å². The van der Waals surface area contributed by atoms with Crippen molar-refractivity contribution in [3.8, 4) is 11.5 Å². The third-order valence-corrected chi connectivity index (χ3v) is 4.16. The maximum Gasteiger partial charge on any atom is 0.138 e. The van der Waals surface area contributed by atoms with Crippen LogP contribution in [0.25, 0.3) is 0 Å². The molecule has 0 fully saturated rings. The number of rotatable bonds is 10. The van der Waals surface area contributed by atoms with Crippen molar-refractivity contribution in [2.75, 3.05) is 13.7 Å². The van der Waals surface area contributed by atoms with Gasteiger partial charge in [0.1, 0.15) is 17.3 Å². The average molecular weight is 337 g/mol. The number of unbranched alkanes of at least 4 members (excludes halogenated alkanes) is 4. The minimum absolute atomic E-state index is 0.597. The highest BCUT2D eigenvalue weighted by Gasteiger charge is 2.03. The number of aromatic nitrogens is 2. The summed E-state index contributed by atoms with van der Waals surface area (Å²) in [5, 5.41) is 0.597. The van der Waals surface area contributed by atoms with Gasteiger partial charge in [-0.1, -0.05) is 30.9 Å². The zero-order chi connectivity index (χ0) is 16.5. The standard InChI is InChI=1S/C18H25ClN2O2/c1-21-12-11-20-18(21)8-6-4-3-5-7-13-23-17-10-9-15(22-2)14-16(17)19/h9-12,14H,3-8,13H2,1-2H3. The first-order valence-corrected chi connectivity index (χ1v) is 8.51. The van der Waals surface area contributed by atoms with Crippen LogP contribution in [0.2, 0.25) is 5.02 Å². The second-order valence-corrected chi connectivity index (χ2v) is 6.02. The molecule has 2 aromatic rings. The first-order valence-electron chi connectivity index (χ1n) is 8.13. The Hall–Kier alpha value is -1.68. The normalized spacial score (nSPS) is 10.7. The fourth-order valence-electron chi connectivity index (χ4n) is 2.46. The molecule has 0 aliphatic heterocycles. The van der Waals surface area contributed by atoms with Gasteiger partial charge in [0.2, 0.25) is 0 Å². The summed E-state index contributed by atoms with van der Waals surface area (Å²) >= 11 is 6.14. The molecule has 23 heavy (non-hydrogen) atoms. The smallest absolute Gasteiger partial charge is 0.138 e. The van der Waals surface area contributed by atoms with Crippen LogP contribution in [0.3, 0.4) is 0 Å². The molecule has 4 nitrogen and oxygen atoms in total. The lowest BCUT2D eigenvalue weighted by Crippen LogP contribution is -1.99. The Bertz CT molecular complexity index is 598. The van der Waals surface area contributed by atoms with E-state index in [9.17, 15) is 0 Å². The van der Waals surface area contributed by atoms with Crippen LogP contribution in [-0.4, -0.2) is 23.3 Å². The highest BCUT2D eigenvalue weighted by Crippen LogP contribution is 2.28. The van der Waals surface area contributed by atoms with E-state index >= 15 is 0 Å². The van der Waals surface area contributed by atoms with Crippen LogP contribution in [0.4, 0.5) is 0 Å². The predicted molar refractivity (Wildman–Crippen MR) is 93.5 cm³/mol. The van der Waals surface area contributed by atoms with Gasteiger partial charge in [0.05, 0.1) is 18.7 Å². The van der Waals surface area contributed by atoms with Crippen molar-refractivity contribution in [3.05, 3.63) is 41.4 Å². The van der Waals surface area contributed by atoms with E-state index < -0.39 is 0 Å². The predicted octanol–water partition coefficient (Wildman–Crippen LogP) is 4.65. The number of benzene rings is 1. The molecule has 0 spiro atoms. The molecular formula is C18H25ClN2O2. The summed E-state index contributed by atoms with van der Waals surface area (Å²) in [6.45, 7) is 0.700. The zero-order valence-corrected chi connectivity index (χ0v) is 14.7. The van der Waals surface area contributed by atoms with Gasteiger partial charge in [-0.2, -0.15) is 0 Å². The number of nitrogens with zero attached hydrogens (tertiary/aromatic N) is 2. The summed E-state index contributed by atoms with van der Waals surface area (Å²) in [7, 11) is 3.67. The number of aryl methyl sites for hydroxylation is 2. The number of imidazole rings is 1. The molecule has 1 heterocycles. The fourth-order valence-corrected chi connectivity index (χ4v) is 2.69. The van der Waals surface area contributed by atoms with Gasteiger partial charge in [0.25, 0.3) is 0 Å². The van der Waals surface area contributed by atoms with Crippen LogP contribution < -0.4 is 9.47 Å². The second kappa shape index (κ2) is 9.46. The van der Waals surface area contributed by atoms with E-state index in [1.807, 2.05) is 31.6 Å². The molecule has 126 valence electrons. The summed E-state index contributed by atoms with van der Waals surface area (Å²) in [5.41, 5.74) is 0. The van der Waals surface area contributed by atoms with Crippen molar-refractivity contribution in [1.29, 1.82) is 0 Å². The van der Waals surface area contributed by atoms with Crippen LogP contribution in [0.1, 0.15) is 37.9 Å². The third kappa shape index (κ3) is 5.79. The summed E-state index contributed by atoms with van der Waals surface area (Å²) < 4.78 is 12.9. The minimum Gasteiger partial charge on any atom is -0.497 e. The van der Waals surface area contributed by atoms with E-state index in [0.717, 1.165) is 24.3 Å². The summed E-state index contributed by atoms with van der Waals surface area (Å²) in [6, 6.07) is 5.49. The third-order valence-electron chi connectivity index (χ3n) is 3.86. The van der Waals surface area contributed by atoms with E-state index in [0.29, 0.717) is 11.6 Å². The van der Waals surface area contributed by atoms with Crippen molar-refractivity contribution in [1.82, 2.24) is 9.55 Å². The molecule has 2 rings (SSSR count). The quantitative estimate of drug-likeness (QED) is 0.592. The van der Waals surface area contributed by atoms with E-state index in [1.165, 1.54) is 31.5 Å². The Morgan fingerprint density at radius 2 is 1.91 bits per heavy atom. The minimum atomic E-state index is 0.597. The van der Waals surface area contributed by atoms with Gasteiger partial charge in [-0.25, -0.2) is 4.98 Å². The van der Waals surface area contributed by atoms with Gasteiger partial charge in [-0.15, -0.1) is 0 Å². The monoisotopic (exact) mass is 336 g/mol. The Morgan fingerprint density at radius 1 is 1.13 bits per heavy atom. The van der Waals surface area contributed by atoms with Crippen molar-refractivity contribution in [2.45, 2.75) is 38.5 Å². The molecule has 1 aromatic heterocycles. The number of hydrogen-bond donors (Lipinski definition) is 0. The van der Waals surface area contributed by atoms with E-state index in [-0.39, 0.29) is 0 Å². The summed E-state index contributed by atoms with van der Waals surface area (Å²) in [5.74, 6) is 2.64. The first-order chi connectivity index (χ1) is 11.2. The molecule has 0 aliphatic carbocycles. The fraction of sp³-hybridized carbons (Fsp3) is 0.500. The van der Waals surface area contributed by atoms with Crippen molar-refractivity contribution in [2.24, 2.45) is 7.05 Å². The topological polar surface area (TPSA) is 36.3 Å². The largest absolute Gasteiger partial charge is 0.497 e. The Kier molecular flexibility index (Phi) is 7.27. The van der Waals surface area contributed by atoms with Crippen molar-refractivity contribution < 1.29 is 9.47 Å². The summed E-state index contributed by atoms with van der Waals surface area (Å²) in [4.78, 5) is 4.34. The van der Waals surface area contributed by atoms with Gasteiger partial charge in [0, 0.05) is 31.9 Å². The van der Waals surface area contributed by atoms with Crippen molar-refractivity contribution >= 4 is 11.6 Å². The van der Waals surface area contributed by atoms with Crippen LogP contribution >= 0.6 is 11.6 Å². The highest BCUT2D eigenvalue weighted by atomic mass is 35.5. The van der Waals surface area contributed by atoms with Gasteiger partial charge in [-0.3, -0.25) is 0 Å². The Labute approximate surface area is 143 Å². The zero-order valence-electron chi connectivity index (χ0n) is 13.9. The maximum atomic E-state index is 6.14. The lowest BCUT2D eigenvalue weighted by atomic mass is 10.1. The molecule has 0 radical (unpaired) electrons. The van der Waals surface area contributed by atoms with Crippen LogP contribution in [-0.2, 0) is 13.5 Å². The molecule has 0 aliphatic rings. The molecule has 1 aromatic carbocycles. The van der Waals surface area contributed by atoms with Crippen LogP contribution in [0.5, 0.6) is 11.5 Å². The molecule has 0 amide bonds. The number of ether oxygens (including phenoxy) is 2. The molecule has 0 bridgehead atoms. The molecule has 5 heteroatoms. The maximum absolute atomic E-state index is 6.14. The van der Waals surface area contributed by atoms with E-state index in [1.54, 1.807) is 13.2 Å². The first kappa shape index (κ1) is 17.7. The van der Waals surface area contributed by atoms with Gasteiger partial charge in [0.15, 0.2) is 0 Å². The van der Waals surface area contributed by atoms with Crippen LogP contribution in [0, 0.1) is 0 Å². The Balaban J connectivity index is 1.53. The van der Waals surface area contributed by atoms with Crippen molar-refractivity contribution in [3.63, 3.8) is 0 Å². The molecule has 0 N–H and O–H groups in total. The molecule has 0 atom stereocenters. The lowest BCUT2D eigenvalue weighted by molar-refractivity contribution is 0.304. The van der Waals surface area contributed by atoms with Crippen LogP contribution in [0.15, 0.2) is 30.6 Å². The van der Waals surface area contributed by atoms with Gasteiger partial charge in [-0.05, 0) is 25.0 Å². The molecule has 0 saturated carbocycles. The molecule has 0 unspecified atom stereocenters. The number of methoxy groups -OCH3 is 1. The Morgan fingerprint density at radius 3 is 2.61 bits per heavy atom. The number of halogens is 1. The highest BCUT2D eigenvalue weighted by molar-refractivity contribution is 6.32. The molecule has 0 saturated heterocycles. The lowest BCUT2D eigenvalue weighted by Gasteiger charge is -2.09. The van der Waals surface area contributed by atoms with E-state index in [4.69, 9.17) is 21.1 Å². The second-order valence-electron chi connectivity index (χ2n) is 5.62. The molecular weight excluding hydrogens is 312 g/mol. The van der Waals surface area contributed by atoms with E-state index in [2.05, 4.69) is 9.55 Å². The average Bonchev–Trinajstić information content (AvgIpc) is 2.96.